The quantitative estimate of drug-likeness (QED) is 0.189. The summed E-state index contributed by atoms with van der Waals surface area (Å²) in [6.07, 6.45) is 2.64. The van der Waals surface area contributed by atoms with Gasteiger partial charge in [-0.15, -0.1) is 0 Å². The van der Waals surface area contributed by atoms with E-state index in [-0.39, 0.29) is 17.7 Å². The SMILES string of the molecule is Cc1nc(CNc2ccccc2)c(-c2ccc(OCCc3ccc(F)cc3)cc2)c(N2CCC(C)(C)CC2)c1CC(=O)O. The number of piperidine rings is 1. The van der Waals surface area contributed by atoms with E-state index in [0.29, 0.717) is 19.6 Å². The van der Waals surface area contributed by atoms with Crippen LogP contribution in [0.2, 0.25) is 0 Å². The van der Waals surface area contributed by atoms with Crippen LogP contribution in [0.5, 0.6) is 5.75 Å². The molecule has 5 rings (SSSR count). The molecule has 1 aliphatic rings. The number of aryl methyl sites for hydroxylation is 1. The number of carboxylic acid groups (broad SMARTS) is 1. The lowest BCUT2D eigenvalue weighted by molar-refractivity contribution is -0.136. The number of pyridine rings is 1. The third kappa shape index (κ3) is 7.72. The van der Waals surface area contributed by atoms with Crippen molar-refractivity contribution >= 4 is 17.3 Å². The highest BCUT2D eigenvalue weighted by atomic mass is 19.1. The lowest BCUT2D eigenvalue weighted by Crippen LogP contribution is -2.38. The van der Waals surface area contributed by atoms with Crippen molar-refractivity contribution in [3.63, 3.8) is 0 Å². The summed E-state index contributed by atoms with van der Waals surface area (Å²) in [7, 11) is 0. The number of benzene rings is 3. The van der Waals surface area contributed by atoms with Gasteiger partial charge in [0.2, 0.25) is 0 Å². The molecule has 0 radical (unpaired) electrons. The van der Waals surface area contributed by atoms with Crippen LogP contribution in [0.15, 0.2) is 78.9 Å². The lowest BCUT2D eigenvalue weighted by Gasteiger charge is -2.40. The summed E-state index contributed by atoms with van der Waals surface area (Å²) in [5.74, 6) is -0.375. The molecular weight excluding hydrogens is 541 g/mol. The Hall–Kier alpha value is -4.39. The maximum atomic E-state index is 13.2. The van der Waals surface area contributed by atoms with Gasteiger partial charge in [-0.25, -0.2) is 4.39 Å². The third-order valence-corrected chi connectivity index (χ3v) is 8.26. The molecule has 1 aliphatic heterocycles. The van der Waals surface area contributed by atoms with Crippen LogP contribution in [-0.4, -0.2) is 35.8 Å². The number of anilines is 2. The fraction of sp³-hybridized carbons (Fsp3) is 0.333. The van der Waals surface area contributed by atoms with Gasteiger partial charge in [-0.05, 0) is 72.7 Å². The van der Waals surface area contributed by atoms with Crippen LogP contribution in [0.3, 0.4) is 0 Å². The van der Waals surface area contributed by atoms with E-state index in [1.165, 1.54) is 12.1 Å². The number of para-hydroxylation sites is 1. The molecule has 0 unspecified atom stereocenters. The van der Waals surface area contributed by atoms with E-state index in [2.05, 4.69) is 24.1 Å². The van der Waals surface area contributed by atoms with Crippen LogP contribution in [-0.2, 0) is 24.2 Å². The molecule has 0 atom stereocenters. The number of ether oxygens (including phenoxy) is 1. The fourth-order valence-electron chi connectivity index (χ4n) is 5.66. The third-order valence-electron chi connectivity index (χ3n) is 8.26. The summed E-state index contributed by atoms with van der Waals surface area (Å²) in [6, 6.07) is 24.5. The highest BCUT2D eigenvalue weighted by molar-refractivity contribution is 5.86. The molecule has 1 fully saturated rings. The molecule has 0 bridgehead atoms. The van der Waals surface area contributed by atoms with Gasteiger partial charge in [0.25, 0.3) is 0 Å². The Morgan fingerprint density at radius 2 is 1.67 bits per heavy atom. The first kappa shape index (κ1) is 30.1. The van der Waals surface area contributed by atoms with Gasteiger partial charge in [0.1, 0.15) is 11.6 Å². The Morgan fingerprint density at radius 1 is 1.00 bits per heavy atom. The van der Waals surface area contributed by atoms with E-state index in [4.69, 9.17) is 9.72 Å². The minimum Gasteiger partial charge on any atom is -0.493 e. The molecule has 0 amide bonds. The monoisotopic (exact) mass is 581 g/mol. The number of nitrogens with one attached hydrogen (secondary N) is 1. The van der Waals surface area contributed by atoms with E-state index in [0.717, 1.165) is 76.7 Å². The second kappa shape index (κ2) is 13.3. The normalized spacial score (nSPS) is 14.4. The molecule has 1 aromatic heterocycles. The van der Waals surface area contributed by atoms with Gasteiger partial charge in [-0.3, -0.25) is 9.78 Å². The van der Waals surface area contributed by atoms with Gasteiger partial charge in [0, 0.05) is 42.0 Å². The number of nitrogens with zero attached hydrogens (tertiary/aromatic N) is 2. The van der Waals surface area contributed by atoms with Crippen LogP contribution >= 0.6 is 0 Å². The molecule has 0 aliphatic carbocycles. The number of rotatable bonds is 11. The summed E-state index contributed by atoms with van der Waals surface area (Å²) in [5.41, 5.74) is 7.55. The molecule has 1 saturated heterocycles. The number of carboxylic acids is 1. The lowest BCUT2D eigenvalue weighted by atomic mass is 9.82. The molecule has 6 nitrogen and oxygen atoms in total. The molecular formula is C36H40FN3O3. The number of carbonyl (C=O) groups is 1. The molecule has 0 saturated carbocycles. The van der Waals surface area contributed by atoms with Gasteiger partial charge in [0.05, 0.1) is 31.0 Å². The Bertz CT molecular complexity index is 1530. The summed E-state index contributed by atoms with van der Waals surface area (Å²) >= 11 is 0. The minimum atomic E-state index is -0.866. The highest BCUT2D eigenvalue weighted by Crippen LogP contribution is 2.42. The molecule has 3 aromatic carbocycles. The smallest absolute Gasteiger partial charge is 0.307 e. The topological polar surface area (TPSA) is 74.7 Å². The van der Waals surface area contributed by atoms with Crippen LogP contribution in [0.25, 0.3) is 11.1 Å². The predicted octanol–water partition coefficient (Wildman–Crippen LogP) is 7.68. The first-order valence-corrected chi connectivity index (χ1v) is 14.9. The van der Waals surface area contributed by atoms with Crippen molar-refractivity contribution in [2.75, 3.05) is 29.9 Å². The van der Waals surface area contributed by atoms with Crippen molar-refractivity contribution in [2.45, 2.75) is 53.0 Å². The van der Waals surface area contributed by atoms with Gasteiger partial charge in [-0.1, -0.05) is 56.3 Å². The van der Waals surface area contributed by atoms with Gasteiger partial charge in [-0.2, -0.15) is 0 Å². The van der Waals surface area contributed by atoms with Crippen LogP contribution < -0.4 is 15.0 Å². The molecule has 2 N–H and O–H groups in total. The molecule has 2 heterocycles. The number of hydrogen-bond donors (Lipinski definition) is 2. The van der Waals surface area contributed by atoms with Crippen LogP contribution in [0.4, 0.5) is 15.8 Å². The fourth-order valence-corrected chi connectivity index (χ4v) is 5.66. The van der Waals surface area contributed by atoms with Crippen LogP contribution in [0, 0.1) is 18.2 Å². The number of hydrogen-bond acceptors (Lipinski definition) is 5. The number of halogens is 1. The zero-order valence-electron chi connectivity index (χ0n) is 25.2. The summed E-state index contributed by atoms with van der Waals surface area (Å²) < 4.78 is 19.3. The molecule has 7 heteroatoms. The van der Waals surface area contributed by atoms with Crippen molar-refractivity contribution in [3.8, 4) is 16.9 Å². The Labute approximate surface area is 253 Å². The van der Waals surface area contributed by atoms with E-state index in [1.807, 2.05) is 61.5 Å². The van der Waals surface area contributed by atoms with E-state index in [9.17, 15) is 14.3 Å². The Morgan fingerprint density at radius 3 is 2.33 bits per heavy atom. The van der Waals surface area contributed by atoms with Gasteiger partial charge < -0.3 is 20.1 Å². The summed E-state index contributed by atoms with van der Waals surface area (Å²) in [6.45, 7) is 9.19. The highest BCUT2D eigenvalue weighted by Gasteiger charge is 2.30. The van der Waals surface area contributed by atoms with E-state index < -0.39 is 5.97 Å². The van der Waals surface area contributed by atoms with Crippen molar-refractivity contribution < 1.29 is 19.0 Å². The van der Waals surface area contributed by atoms with Gasteiger partial charge >= 0.3 is 5.97 Å². The average molecular weight is 582 g/mol. The number of aromatic nitrogens is 1. The molecule has 43 heavy (non-hydrogen) atoms. The zero-order valence-corrected chi connectivity index (χ0v) is 25.2. The minimum absolute atomic E-state index is 0.0853. The zero-order chi connectivity index (χ0) is 30.4. The van der Waals surface area contributed by atoms with Gasteiger partial charge in [0.15, 0.2) is 0 Å². The van der Waals surface area contributed by atoms with Crippen molar-refractivity contribution in [1.29, 1.82) is 0 Å². The van der Waals surface area contributed by atoms with Crippen molar-refractivity contribution in [3.05, 3.63) is 107 Å². The second-order valence-electron chi connectivity index (χ2n) is 12.0. The van der Waals surface area contributed by atoms with E-state index in [1.54, 1.807) is 12.1 Å². The first-order valence-electron chi connectivity index (χ1n) is 14.9. The number of aliphatic carboxylic acids is 1. The summed E-state index contributed by atoms with van der Waals surface area (Å²) in [5, 5.41) is 13.4. The standard InChI is InChI=1S/C36H40FN3O3/c1-25-31(23-33(41)42)35(40-20-18-36(2,3)19-21-40)34(32(39-25)24-38-29-7-5-4-6-8-29)27-11-15-30(16-12-27)43-22-17-26-9-13-28(37)14-10-26/h4-16,38H,17-24H2,1-3H3,(H,41,42). The van der Waals surface area contributed by atoms with Crippen LogP contribution in [0.1, 0.15) is 49.2 Å². The average Bonchev–Trinajstić information content (AvgIpc) is 2.99. The predicted molar refractivity (Wildman–Crippen MR) is 170 cm³/mol. The molecule has 4 aromatic rings. The molecule has 0 spiro atoms. The van der Waals surface area contributed by atoms with Crippen molar-refractivity contribution in [1.82, 2.24) is 4.98 Å². The van der Waals surface area contributed by atoms with Crippen molar-refractivity contribution in [2.24, 2.45) is 5.41 Å². The Balaban J connectivity index is 1.50. The maximum absolute atomic E-state index is 13.2. The largest absolute Gasteiger partial charge is 0.493 e. The maximum Gasteiger partial charge on any atom is 0.307 e. The summed E-state index contributed by atoms with van der Waals surface area (Å²) in [4.78, 5) is 19.4. The van der Waals surface area contributed by atoms with E-state index >= 15 is 0 Å². The second-order valence-corrected chi connectivity index (χ2v) is 12.0. The Kier molecular flexibility index (Phi) is 9.29. The first-order chi connectivity index (χ1) is 20.7. The molecule has 224 valence electrons.